The number of ether oxygens (including phenoxy) is 1. The van der Waals surface area contributed by atoms with Gasteiger partial charge in [0.1, 0.15) is 0 Å². The van der Waals surface area contributed by atoms with Gasteiger partial charge in [-0.3, -0.25) is 0 Å². The number of benzene rings is 1. The van der Waals surface area contributed by atoms with Gasteiger partial charge in [0.05, 0.1) is 11.7 Å². The summed E-state index contributed by atoms with van der Waals surface area (Å²) in [5.74, 6) is 0. The normalized spacial score (nSPS) is 18.6. The third-order valence-corrected chi connectivity index (χ3v) is 6.84. The van der Waals surface area contributed by atoms with Gasteiger partial charge in [-0.25, -0.2) is 0 Å². The highest BCUT2D eigenvalue weighted by molar-refractivity contribution is 7.80. The molecule has 192 valence electrons. The monoisotopic (exact) mass is 499 g/mol. The standard InChI is InChI=1S/C26H40F3N3OS/c1-4-18-31(2)19-8-6-5-7-9-20-33-24-16-14-23(15-17-24)32(3)25(34)30-22-12-10-21(11-13-22)26(27,28)29/h4,10-13,23-24H,1,5-9,14-20H2,2-3H3,(H,30,34)/t23-,24-. The van der Waals surface area contributed by atoms with E-state index in [1.165, 1.54) is 37.8 Å². The minimum absolute atomic E-state index is 0.313. The highest BCUT2D eigenvalue weighted by Crippen LogP contribution is 2.30. The minimum atomic E-state index is -4.33. The van der Waals surface area contributed by atoms with Crippen molar-refractivity contribution < 1.29 is 17.9 Å². The zero-order chi connectivity index (χ0) is 25.0. The predicted molar refractivity (Wildman–Crippen MR) is 138 cm³/mol. The van der Waals surface area contributed by atoms with Crippen LogP contribution in [0.15, 0.2) is 36.9 Å². The second kappa shape index (κ2) is 14.7. The van der Waals surface area contributed by atoms with Gasteiger partial charge in [0.25, 0.3) is 0 Å². The van der Waals surface area contributed by atoms with Crippen molar-refractivity contribution in [3.8, 4) is 0 Å². The molecule has 1 aliphatic carbocycles. The van der Waals surface area contributed by atoms with Crippen molar-refractivity contribution in [2.45, 2.75) is 76.1 Å². The fraction of sp³-hybridized carbons (Fsp3) is 0.654. The van der Waals surface area contributed by atoms with Gasteiger partial charge < -0.3 is 19.9 Å². The van der Waals surface area contributed by atoms with Crippen molar-refractivity contribution >= 4 is 23.0 Å². The van der Waals surface area contributed by atoms with E-state index in [1.807, 2.05) is 18.0 Å². The highest BCUT2D eigenvalue weighted by Gasteiger charge is 2.30. The number of anilines is 1. The van der Waals surface area contributed by atoms with Crippen molar-refractivity contribution in [1.29, 1.82) is 0 Å². The average Bonchev–Trinajstić information content (AvgIpc) is 2.80. The number of unbranched alkanes of at least 4 members (excludes halogenated alkanes) is 4. The number of halogens is 3. The van der Waals surface area contributed by atoms with Crippen LogP contribution >= 0.6 is 12.2 Å². The lowest BCUT2D eigenvalue weighted by atomic mass is 9.92. The number of hydrogen-bond acceptors (Lipinski definition) is 3. The molecule has 0 saturated heterocycles. The molecule has 1 aromatic carbocycles. The number of nitrogens with zero attached hydrogens (tertiary/aromatic N) is 2. The summed E-state index contributed by atoms with van der Waals surface area (Å²) in [6.45, 7) is 6.68. The van der Waals surface area contributed by atoms with Crippen molar-refractivity contribution in [2.75, 3.05) is 39.1 Å². The molecule has 4 nitrogen and oxygen atoms in total. The molecule has 0 radical (unpaired) electrons. The Hall–Kier alpha value is -1.64. The molecular formula is C26H40F3N3OS. The van der Waals surface area contributed by atoms with Crippen LogP contribution in [-0.4, -0.2) is 60.8 Å². The molecule has 0 heterocycles. The van der Waals surface area contributed by atoms with E-state index in [1.54, 1.807) is 0 Å². The van der Waals surface area contributed by atoms with E-state index in [2.05, 4.69) is 23.8 Å². The van der Waals surface area contributed by atoms with Crippen LogP contribution in [0.3, 0.4) is 0 Å². The minimum Gasteiger partial charge on any atom is -0.378 e. The molecule has 0 unspecified atom stereocenters. The van der Waals surface area contributed by atoms with Gasteiger partial charge >= 0.3 is 6.18 Å². The van der Waals surface area contributed by atoms with Crippen molar-refractivity contribution in [3.05, 3.63) is 42.5 Å². The fourth-order valence-electron chi connectivity index (χ4n) is 4.30. The number of nitrogens with one attached hydrogen (secondary N) is 1. The number of likely N-dealkylation sites (N-methyl/N-ethyl adjacent to an activating group) is 1. The highest BCUT2D eigenvalue weighted by atomic mass is 32.1. The summed E-state index contributed by atoms with van der Waals surface area (Å²) >= 11 is 5.49. The van der Waals surface area contributed by atoms with Crippen molar-refractivity contribution in [1.82, 2.24) is 9.80 Å². The third kappa shape index (κ3) is 10.3. The van der Waals surface area contributed by atoms with E-state index in [0.29, 0.717) is 22.9 Å². The molecule has 2 rings (SSSR count). The Kier molecular flexibility index (Phi) is 12.4. The van der Waals surface area contributed by atoms with Crippen LogP contribution in [0.2, 0.25) is 0 Å². The molecule has 1 saturated carbocycles. The van der Waals surface area contributed by atoms with Crippen molar-refractivity contribution in [2.24, 2.45) is 0 Å². The average molecular weight is 500 g/mol. The van der Waals surface area contributed by atoms with Crippen LogP contribution in [0, 0.1) is 0 Å². The van der Waals surface area contributed by atoms with E-state index < -0.39 is 11.7 Å². The summed E-state index contributed by atoms with van der Waals surface area (Å²) in [6.07, 6.45) is 8.01. The summed E-state index contributed by atoms with van der Waals surface area (Å²) in [4.78, 5) is 4.32. The zero-order valence-corrected chi connectivity index (χ0v) is 21.4. The molecule has 0 aromatic heterocycles. The molecule has 34 heavy (non-hydrogen) atoms. The van der Waals surface area contributed by atoms with Crippen LogP contribution < -0.4 is 5.32 Å². The molecule has 0 amide bonds. The summed E-state index contributed by atoms with van der Waals surface area (Å²) in [6, 6.07) is 5.27. The lowest BCUT2D eigenvalue weighted by molar-refractivity contribution is -0.137. The number of rotatable bonds is 13. The Morgan fingerprint density at radius 2 is 1.68 bits per heavy atom. The Morgan fingerprint density at radius 3 is 2.29 bits per heavy atom. The van der Waals surface area contributed by atoms with Gasteiger partial charge in [-0.15, -0.1) is 6.58 Å². The summed E-state index contributed by atoms with van der Waals surface area (Å²) in [5, 5.41) is 3.58. The Labute approximate surface area is 208 Å². The maximum Gasteiger partial charge on any atom is 0.416 e. The maximum atomic E-state index is 12.7. The second-order valence-corrected chi connectivity index (χ2v) is 9.62. The molecule has 0 atom stereocenters. The van der Waals surface area contributed by atoms with E-state index in [-0.39, 0.29) is 0 Å². The topological polar surface area (TPSA) is 27.7 Å². The molecule has 1 aliphatic rings. The molecule has 8 heteroatoms. The van der Waals surface area contributed by atoms with Crippen molar-refractivity contribution in [3.63, 3.8) is 0 Å². The first-order chi connectivity index (χ1) is 16.2. The molecule has 1 aromatic rings. The zero-order valence-electron chi connectivity index (χ0n) is 20.6. The van der Waals surface area contributed by atoms with Gasteiger partial charge in [-0.05, 0) is 88.6 Å². The Balaban J connectivity index is 1.57. The van der Waals surface area contributed by atoms with Gasteiger partial charge in [0, 0.05) is 31.9 Å². The number of hydrogen-bond donors (Lipinski definition) is 1. The first kappa shape index (κ1) is 28.6. The van der Waals surface area contributed by atoms with Gasteiger partial charge in [-0.1, -0.05) is 25.3 Å². The molecule has 0 bridgehead atoms. The molecule has 1 fully saturated rings. The second-order valence-electron chi connectivity index (χ2n) is 9.24. The largest absolute Gasteiger partial charge is 0.416 e. The maximum absolute atomic E-state index is 12.7. The number of alkyl halides is 3. The van der Waals surface area contributed by atoms with Crippen LogP contribution in [0.1, 0.15) is 63.4 Å². The van der Waals surface area contributed by atoms with E-state index in [9.17, 15) is 13.2 Å². The summed E-state index contributed by atoms with van der Waals surface area (Å²) in [5.41, 5.74) is -0.103. The van der Waals surface area contributed by atoms with Gasteiger partial charge in [0.15, 0.2) is 5.11 Å². The first-order valence-corrected chi connectivity index (χ1v) is 12.7. The Morgan fingerprint density at radius 1 is 1.06 bits per heavy atom. The molecule has 0 spiro atoms. The van der Waals surface area contributed by atoms with Crippen LogP contribution in [0.5, 0.6) is 0 Å². The lowest BCUT2D eigenvalue weighted by Crippen LogP contribution is -2.42. The van der Waals surface area contributed by atoms with E-state index in [0.717, 1.165) is 63.9 Å². The molecular weight excluding hydrogens is 459 g/mol. The van der Waals surface area contributed by atoms with Gasteiger partial charge in [0.2, 0.25) is 0 Å². The smallest absolute Gasteiger partial charge is 0.378 e. The van der Waals surface area contributed by atoms with E-state index in [4.69, 9.17) is 17.0 Å². The lowest BCUT2D eigenvalue weighted by Gasteiger charge is -2.36. The Bertz CT molecular complexity index is 734. The van der Waals surface area contributed by atoms with Crippen LogP contribution in [0.4, 0.5) is 18.9 Å². The van der Waals surface area contributed by atoms with Gasteiger partial charge in [-0.2, -0.15) is 13.2 Å². The molecule has 0 aliphatic heterocycles. The molecule has 1 N–H and O–H groups in total. The van der Waals surface area contributed by atoms with Crippen LogP contribution in [-0.2, 0) is 10.9 Å². The van der Waals surface area contributed by atoms with Crippen LogP contribution in [0.25, 0.3) is 0 Å². The summed E-state index contributed by atoms with van der Waals surface area (Å²) < 4.78 is 44.3. The first-order valence-electron chi connectivity index (χ1n) is 12.3. The predicted octanol–water partition coefficient (Wildman–Crippen LogP) is 6.73. The third-order valence-electron chi connectivity index (χ3n) is 6.45. The quantitative estimate of drug-likeness (QED) is 0.185. The van der Waals surface area contributed by atoms with E-state index >= 15 is 0 Å². The SMILES string of the molecule is C=CCN(C)CCCCCCCO[C@H]1CC[C@H](N(C)C(=S)Nc2ccc(C(F)(F)F)cc2)CC1. The number of thiocarbonyl (C=S) groups is 1. The summed E-state index contributed by atoms with van der Waals surface area (Å²) in [7, 11) is 4.08. The fourth-order valence-corrected chi connectivity index (χ4v) is 4.56.